The third-order valence-electron chi connectivity index (χ3n) is 3.39. The number of rotatable bonds is 6. The number of nitrogens with one attached hydrogen (secondary N) is 1. The van der Waals surface area contributed by atoms with Gasteiger partial charge in [0.05, 0.1) is 0 Å². The monoisotopic (exact) mass is 264 g/mol. The van der Waals surface area contributed by atoms with E-state index >= 15 is 0 Å². The van der Waals surface area contributed by atoms with Crippen LogP contribution in [0.4, 0.5) is 5.82 Å². The van der Waals surface area contributed by atoms with Crippen LogP contribution in [0, 0.1) is 5.41 Å². The highest BCUT2D eigenvalue weighted by molar-refractivity contribution is 5.37. The molecule has 19 heavy (non-hydrogen) atoms. The van der Waals surface area contributed by atoms with Crippen molar-refractivity contribution in [1.82, 2.24) is 4.98 Å². The average molecular weight is 264 g/mol. The lowest BCUT2D eigenvalue weighted by molar-refractivity contribution is 0.248. The molecule has 0 radical (unpaired) electrons. The number of anilines is 1. The van der Waals surface area contributed by atoms with Gasteiger partial charge in [-0.25, -0.2) is 4.98 Å². The number of aromatic nitrogens is 1. The van der Waals surface area contributed by atoms with Crippen molar-refractivity contribution in [3.63, 3.8) is 0 Å². The molecule has 0 bridgehead atoms. The molecule has 3 heteroatoms. The standard InChI is InChI=1S/C16H28N2O/c1-15(2,3)13-7-8-14(17-11-13)18-12-16(4,5)9-6-10-19/h7-8,11,19H,6,9-10,12H2,1-5H3,(H,17,18). The Balaban J connectivity index is 2.54. The van der Waals surface area contributed by atoms with E-state index in [-0.39, 0.29) is 17.4 Å². The molecular weight excluding hydrogens is 236 g/mol. The van der Waals surface area contributed by atoms with Crippen LogP contribution in [0.1, 0.15) is 53.0 Å². The first-order valence-electron chi connectivity index (χ1n) is 7.06. The van der Waals surface area contributed by atoms with Crippen molar-refractivity contribution in [2.24, 2.45) is 5.41 Å². The third kappa shape index (κ3) is 5.60. The van der Waals surface area contributed by atoms with Crippen LogP contribution in [0.25, 0.3) is 0 Å². The van der Waals surface area contributed by atoms with Crippen LogP contribution in [-0.4, -0.2) is 23.2 Å². The molecule has 0 aromatic carbocycles. The van der Waals surface area contributed by atoms with Crippen LogP contribution in [0.15, 0.2) is 18.3 Å². The average Bonchev–Trinajstić information content (AvgIpc) is 2.34. The molecule has 0 atom stereocenters. The number of nitrogens with zero attached hydrogens (tertiary/aromatic N) is 1. The first-order valence-corrected chi connectivity index (χ1v) is 7.06. The topological polar surface area (TPSA) is 45.1 Å². The van der Waals surface area contributed by atoms with Crippen LogP contribution in [0.2, 0.25) is 0 Å². The Bertz CT molecular complexity index is 377. The molecule has 0 saturated carbocycles. The maximum absolute atomic E-state index is 8.89. The highest BCUT2D eigenvalue weighted by Gasteiger charge is 2.17. The summed E-state index contributed by atoms with van der Waals surface area (Å²) in [7, 11) is 0. The maximum Gasteiger partial charge on any atom is 0.125 e. The molecule has 0 aliphatic heterocycles. The Morgan fingerprint density at radius 2 is 1.84 bits per heavy atom. The van der Waals surface area contributed by atoms with Gasteiger partial charge in [-0.05, 0) is 35.3 Å². The summed E-state index contributed by atoms with van der Waals surface area (Å²) < 4.78 is 0. The largest absolute Gasteiger partial charge is 0.396 e. The molecule has 3 nitrogen and oxygen atoms in total. The van der Waals surface area contributed by atoms with Crippen LogP contribution < -0.4 is 5.32 Å². The molecule has 0 aliphatic rings. The molecular formula is C16H28N2O. The van der Waals surface area contributed by atoms with Crippen molar-refractivity contribution < 1.29 is 5.11 Å². The molecule has 0 aliphatic carbocycles. The molecule has 1 rings (SSSR count). The fourth-order valence-corrected chi connectivity index (χ4v) is 1.92. The van der Waals surface area contributed by atoms with Crippen molar-refractivity contribution in [2.45, 2.75) is 52.9 Å². The fraction of sp³-hybridized carbons (Fsp3) is 0.688. The summed E-state index contributed by atoms with van der Waals surface area (Å²) in [4.78, 5) is 4.47. The summed E-state index contributed by atoms with van der Waals surface area (Å²) in [6, 6.07) is 4.18. The van der Waals surface area contributed by atoms with E-state index in [2.05, 4.69) is 51.0 Å². The minimum atomic E-state index is 0.145. The quantitative estimate of drug-likeness (QED) is 0.825. The molecule has 2 N–H and O–H groups in total. The van der Waals surface area contributed by atoms with Crippen molar-refractivity contribution in [1.29, 1.82) is 0 Å². The minimum Gasteiger partial charge on any atom is -0.396 e. The Hall–Kier alpha value is -1.09. The molecule has 0 amide bonds. The zero-order valence-electron chi connectivity index (χ0n) is 13.0. The highest BCUT2D eigenvalue weighted by atomic mass is 16.2. The van der Waals surface area contributed by atoms with Gasteiger partial charge in [-0.2, -0.15) is 0 Å². The van der Waals surface area contributed by atoms with E-state index in [1.807, 2.05) is 12.3 Å². The number of pyridine rings is 1. The molecule has 0 saturated heterocycles. The summed E-state index contributed by atoms with van der Waals surface area (Å²) >= 11 is 0. The molecule has 0 fully saturated rings. The predicted octanol–water partition coefficient (Wildman–Crippen LogP) is 3.59. The minimum absolute atomic E-state index is 0.145. The van der Waals surface area contributed by atoms with Crippen molar-refractivity contribution in [2.75, 3.05) is 18.5 Å². The Labute approximate surface area is 117 Å². The zero-order valence-corrected chi connectivity index (χ0v) is 13.0. The van der Waals surface area contributed by atoms with E-state index in [1.54, 1.807) is 0 Å². The molecule has 1 heterocycles. The van der Waals surface area contributed by atoms with Gasteiger partial charge in [-0.15, -0.1) is 0 Å². The van der Waals surface area contributed by atoms with Crippen LogP contribution >= 0.6 is 0 Å². The molecule has 1 aromatic heterocycles. The van der Waals surface area contributed by atoms with Gasteiger partial charge in [0.2, 0.25) is 0 Å². The first-order chi connectivity index (χ1) is 8.74. The van der Waals surface area contributed by atoms with Gasteiger partial charge in [0.15, 0.2) is 0 Å². The van der Waals surface area contributed by atoms with Crippen molar-refractivity contribution in [3.05, 3.63) is 23.9 Å². The van der Waals surface area contributed by atoms with Crippen molar-refractivity contribution in [3.8, 4) is 0 Å². The zero-order chi connectivity index (χ0) is 14.5. The van der Waals surface area contributed by atoms with E-state index in [9.17, 15) is 0 Å². The predicted molar refractivity (Wildman–Crippen MR) is 81.5 cm³/mol. The summed E-state index contributed by atoms with van der Waals surface area (Å²) in [6.07, 6.45) is 3.81. The molecule has 0 spiro atoms. The lowest BCUT2D eigenvalue weighted by Gasteiger charge is -2.25. The summed E-state index contributed by atoms with van der Waals surface area (Å²) in [5, 5.41) is 12.3. The summed E-state index contributed by atoms with van der Waals surface area (Å²) in [5.74, 6) is 0.921. The highest BCUT2D eigenvalue weighted by Crippen LogP contribution is 2.24. The second kappa shape index (κ2) is 6.38. The normalized spacial score (nSPS) is 12.5. The van der Waals surface area contributed by atoms with Crippen molar-refractivity contribution >= 4 is 5.82 Å². The number of hydrogen-bond donors (Lipinski definition) is 2. The van der Waals surface area contributed by atoms with E-state index < -0.39 is 0 Å². The Morgan fingerprint density at radius 3 is 2.32 bits per heavy atom. The third-order valence-corrected chi connectivity index (χ3v) is 3.39. The van der Waals surface area contributed by atoms with E-state index in [0.717, 1.165) is 25.2 Å². The van der Waals surface area contributed by atoms with E-state index in [0.29, 0.717) is 0 Å². The summed E-state index contributed by atoms with van der Waals surface area (Å²) in [6.45, 7) is 12.1. The van der Waals surface area contributed by atoms with Crippen LogP contribution in [0.3, 0.4) is 0 Å². The van der Waals surface area contributed by atoms with Crippen LogP contribution in [-0.2, 0) is 5.41 Å². The first kappa shape index (κ1) is 16.0. The van der Waals surface area contributed by atoms with Gasteiger partial charge in [0.1, 0.15) is 5.82 Å². The number of aliphatic hydroxyl groups is 1. The summed E-state index contributed by atoms with van der Waals surface area (Å²) in [5.41, 5.74) is 1.57. The lowest BCUT2D eigenvalue weighted by atomic mass is 9.87. The smallest absolute Gasteiger partial charge is 0.125 e. The lowest BCUT2D eigenvalue weighted by Crippen LogP contribution is -2.24. The van der Waals surface area contributed by atoms with Gasteiger partial charge in [-0.1, -0.05) is 40.7 Å². The van der Waals surface area contributed by atoms with Gasteiger partial charge in [0.25, 0.3) is 0 Å². The van der Waals surface area contributed by atoms with Gasteiger partial charge >= 0.3 is 0 Å². The van der Waals surface area contributed by atoms with Gasteiger partial charge < -0.3 is 10.4 Å². The number of aliphatic hydroxyl groups excluding tert-OH is 1. The Morgan fingerprint density at radius 1 is 1.16 bits per heavy atom. The van der Waals surface area contributed by atoms with E-state index in [4.69, 9.17) is 5.11 Å². The number of hydrogen-bond acceptors (Lipinski definition) is 3. The molecule has 108 valence electrons. The van der Waals surface area contributed by atoms with E-state index in [1.165, 1.54) is 5.56 Å². The second-order valence-electron chi connectivity index (χ2n) is 7.03. The van der Waals surface area contributed by atoms with Gasteiger partial charge in [-0.3, -0.25) is 0 Å². The SMILES string of the molecule is CC(C)(CCCO)CNc1ccc(C(C)(C)C)cn1. The molecule has 0 unspecified atom stereocenters. The van der Waals surface area contributed by atoms with Gasteiger partial charge in [0, 0.05) is 19.3 Å². The maximum atomic E-state index is 8.89. The van der Waals surface area contributed by atoms with Crippen LogP contribution in [0.5, 0.6) is 0 Å². The Kier molecular flexibility index (Phi) is 5.36. The second-order valence-corrected chi connectivity index (χ2v) is 7.03. The molecule has 1 aromatic rings. The fourth-order valence-electron chi connectivity index (χ4n) is 1.92.